The zero-order valence-electron chi connectivity index (χ0n) is 77.2. The highest BCUT2D eigenvalue weighted by molar-refractivity contribution is 6.04. The van der Waals surface area contributed by atoms with E-state index < -0.39 is 0 Å². The Labute approximate surface area is 812 Å². The topological polar surface area (TPSA) is 64.5 Å². The number of benzene rings is 16. The summed E-state index contributed by atoms with van der Waals surface area (Å²) in [4.78, 5) is 29.1. The Balaban J connectivity index is 0.0000000829. The van der Waals surface area contributed by atoms with E-state index in [2.05, 4.69) is 345 Å². The van der Waals surface area contributed by atoms with E-state index in [9.17, 15) is 0 Å². The third-order valence-corrected chi connectivity index (χ3v) is 34.1. The van der Waals surface area contributed by atoms with Crippen LogP contribution in [0.25, 0.3) is 89.0 Å². The first-order valence-electron chi connectivity index (χ1n) is 50.3. The maximum absolute atomic E-state index is 4.95. The van der Waals surface area contributed by atoms with E-state index >= 15 is 0 Å². The number of aromatic nitrogens is 4. The van der Waals surface area contributed by atoms with Gasteiger partial charge in [0, 0.05) is 82.4 Å². The standard InChI is InChI=1S/4C33H22N2/c1-3-9-26-19(6-1)12-22-14-23-15-25-16-24-13-20-7-2-4-10-27(20)31(24)29-17-21-8-5-11-34-33(21)35(32(25)29)30(23)18-28(22)26;1-3-8-25-19(6-1)12-21-14-22-15-24-16-23-13-20-7-2-4-9-26(20)32(23)28-17-29-30(10-5-11-34-29)35(33(24)28)31(22)18-27(21)25;1-3-7-26-19(5-1)11-21-13-22-14-24-15-23-12-20-6-2-4-8-27(20)32(23)29-16-25-18-34-10-9-30(25)35(33(24)29)31(22)17-28(21)26;1-3-7-26-19(5-1)11-22-13-23-14-25-15-24-12-20-6-2-4-8-27(20)32(24)29-16-21-9-10-34-18-31(21)35(33(25)29)30(23)17-28(22)26/h2*1-11,14,16,18H,12-13,15,17H2;2*1-10,13,15,17-18H,11-12,14,16H2. The molecular weight excluding hydrogens is 1700 g/mol. The quantitative estimate of drug-likeness (QED) is 0.149. The van der Waals surface area contributed by atoms with Gasteiger partial charge in [0.1, 0.15) is 5.82 Å². The minimum absolute atomic E-state index is 0.898. The largest absolute Gasteiger partial charge is 0.309 e. The molecule has 0 saturated carbocycles. The van der Waals surface area contributed by atoms with Gasteiger partial charge in [-0.3, -0.25) is 19.9 Å². The van der Waals surface area contributed by atoms with Gasteiger partial charge in [-0.1, -0.05) is 249 Å². The van der Waals surface area contributed by atoms with Crippen molar-refractivity contribution in [3.63, 3.8) is 0 Å². The normalized spacial score (nSPS) is 14.9. The first kappa shape index (κ1) is 76.5. The Kier molecular flexibility index (Phi) is 15.6. The van der Waals surface area contributed by atoms with Crippen LogP contribution < -0.4 is 19.6 Å². The van der Waals surface area contributed by atoms with Crippen LogP contribution in [0, 0.1) is 0 Å². The van der Waals surface area contributed by atoms with Gasteiger partial charge in [-0.05, 0) is 367 Å². The lowest BCUT2D eigenvalue weighted by atomic mass is 9.81. The van der Waals surface area contributed by atoms with E-state index in [0.717, 1.165) is 109 Å². The molecule has 0 amide bonds. The van der Waals surface area contributed by atoms with Gasteiger partial charge < -0.3 is 14.7 Å². The minimum atomic E-state index is 0.898. The summed E-state index contributed by atoms with van der Waals surface area (Å²) in [5, 5.41) is 0. The van der Waals surface area contributed by atoms with Crippen molar-refractivity contribution in [1.29, 1.82) is 0 Å². The molecule has 0 spiro atoms. The number of hydrogen-bond donors (Lipinski definition) is 0. The lowest BCUT2D eigenvalue weighted by Crippen LogP contribution is -2.26. The fraction of sp³-hybridized carbons (Fsp3) is 0.121. The SMILES string of the molecule is c1ccc2c(c1)Cc1cc3c(cc1-2)N1c2cccnc2Cc2c4c(cc(c21)C3)Cc1ccccc1-4.c1ccc2c(c1)Cc1cc3c(cc1-2)N1c2ccncc2Cc2c4c(cc(c21)C3)Cc1ccccc1-4.c1ccc2c(c1)Cc1cc3c(cc1-2)N1c2cnccc2Cc2c4c(cc(c21)C3)Cc1ccccc1-4.c1ccc2c(c1)Cc1cc3c(cc1-2)N1c2ncccc2Cc2c4c(cc(c21)C3)Cc1ccccc1-4. The molecule has 0 radical (unpaired) electrons. The Morgan fingerprint density at radius 3 is 0.871 bits per heavy atom. The molecule has 0 unspecified atom stereocenters. The molecule has 656 valence electrons. The van der Waals surface area contributed by atoms with Crippen molar-refractivity contribution in [1.82, 2.24) is 19.9 Å². The number of anilines is 12. The monoisotopic (exact) mass is 1780 g/mol. The lowest BCUT2D eigenvalue weighted by Gasteiger charge is -2.40. The van der Waals surface area contributed by atoms with E-state index in [0.29, 0.717) is 0 Å². The van der Waals surface area contributed by atoms with Gasteiger partial charge in [0.25, 0.3) is 0 Å². The zero-order chi connectivity index (χ0) is 90.7. The Hall–Kier alpha value is -16.7. The summed E-state index contributed by atoms with van der Waals surface area (Å²) in [6.07, 6.45) is 28.0. The van der Waals surface area contributed by atoms with Crippen LogP contribution in [0.5, 0.6) is 0 Å². The van der Waals surface area contributed by atoms with Crippen molar-refractivity contribution in [2.24, 2.45) is 0 Å². The van der Waals surface area contributed by atoms with Crippen molar-refractivity contribution >= 4 is 68.4 Å². The second kappa shape index (κ2) is 28.5. The molecule has 8 aliphatic heterocycles. The Bertz CT molecular complexity index is 8090. The smallest absolute Gasteiger partial charge is 0.141 e. The number of nitrogens with zero attached hydrogens (tertiary/aromatic N) is 8. The molecule has 4 aromatic heterocycles. The highest BCUT2D eigenvalue weighted by Gasteiger charge is 2.45. The zero-order valence-corrected chi connectivity index (χ0v) is 77.2. The average molecular weight is 1790 g/mol. The van der Waals surface area contributed by atoms with E-state index in [-0.39, 0.29) is 0 Å². The predicted molar refractivity (Wildman–Crippen MR) is 564 cm³/mol. The molecule has 140 heavy (non-hydrogen) atoms. The highest BCUT2D eigenvalue weighted by atomic mass is 15.2. The Morgan fingerprint density at radius 2 is 0.450 bits per heavy atom. The molecule has 12 heterocycles. The van der Waals surface area contributed by atoms with Gasteiger partial charge in [-0.2, -0.15) is 0 Å². The summed E-state index contributed by atoms with van der Waals surface area (Å²) >= 11 is 0. The molecule has 36 rings (SSSR count). The molecule has 8 nitrogen and oxygen atoms in total. The van der Waals surface area contributed by atoms with Crippen LogP contribution in [-0.2, 0) is 103 Å². The van der Waals surface area contributed by atoms with Crippen LogP contribution in [0.15, 0.2) is 340 Å². The summed E-state index contributed by atoms with van der Waals surface area (Å²) in [7, 11) is 0. The fourth-order valence-corrected chi connectivity index (χ4v) is 28.5. The van der Waals surface area contributed by atoms with Crippen LogP contribution in [0.4, 0.5) is 68.4 Å². The van der Waals surface area contributed by atoms with Crippen LogP contribution in [-0.4, -0.2) is 19.9 Å². The first-order chi connectivity index (χ1) is 69.3. The van der Waals surface area contributed by atoms with Gasteiger partial charge in [0.2, 0.25) is 0 Å². The molecule has 0 atom stereocenters. The number of pyridine rings is 4. The van der Waals surface area contributed by atoms with E-state index in [1.165, 1.54) is 330 Å². The molecule has 16 aliphatic rings. The lowest BCUT2D eigenvalue weighted by molar-refractivity contribution is 0.967. The van der Waals surface area contributed by atoms with Crippen LogP contribution in [0.1, 0.15) is 178 Å². The Morgan fingerprint density at radius 1 is 0.157 bits per heavy atom. The van der Waals surface area contributed by atoms with Crippen molar-refractivity contribution in [3.8, 4) is 89.0 Å². The number of hydrogen-bond acceptors (Lipinski definition) is 8. The van der Waals surface area contributed by atoms with Crippen LogP contribution in [0.3, 0.4) is 0 Å². The first-order valence-corrected chi connectivity index (χ1v) is 50.3. The molecule has 0 N–H and O–H groups in total. The van der Waals surface area contributed by atoms with Gasteiger partial charge >= 0.3 is 0 Å². The van der Waals surface area contributed by atoms with Crippen molar-refractivity contribution in [3.05, 3.63) is 519 Å². The van der Waals surface area contributed by atoms with Gasteiger partial charge in [0.15, 0.2) is 0 Å². The summed E-state index contributed by atoms with van der Waals surface area (Å²) in [6, 6.07) is 114. The summed E-state index contributed by atoms with van der Waals surface area (Å²) in [5.41, 5.74) is 83.4. The third kappa shape index (κ3) is 10.8. The summed E-state index contributed by atoms with van der Waals surface area (Å²) < 4.78 is 0. The molecule has 16 aromatic carbocycles. The molecule has 8 heteroatoms. The van der Waals surface area contributed by atoms with E-state index in [1.807, 2.05) is 24.8 Å². The second-order valence-electron chi connectivity index (χ2n) is 41.5. The number of fused-ring (bicyclic) bond motifs is 44. The van der Waals surface area contributed by atoms with Crippen LogP contribution >= 0.6 is 0 Å². The van der Waals surface area contributed by atoms with Crippen LogP contribution in [0.2, 0.25) is 0 Å². The van der Waals surface area contributed by atoms with Gasteiger partial charge in [-0.15, -0.1) is 0 Å². The number of rotatable bonds is 0. The molecule has 0 fully saturated rings. The minimum Gasteiger partial charge on any atom is -0.309 e. The highest BCUT2D eigenvalue weighted by Crippen LogP contribution is 2.64. The van der Waals surface area contributed by atoms with Gasteiger partial charge in [0.05, 0.1) is 74.5 Å². The molecule has 0 saturated heterocycles. The summed E-state index contributed by atoms with van der Waals surface area (Å²) in [5.74, 6) is 1.10. The van der Waals surface area contributed by atoms with E-state index in [4.69, 9.17) is 9.97 Å². The summed E-state index contributed by atoms with van der Waals surface area (Å²) in [6.45, 7) is 0. The van der Waals surface area contributed by atoms with E-state index in [1.54, 1.807) is 0 Å². The molecular formula is C132H88N8. The maximum atomic E-state index is 4.95. The van der Waals surface area contributed by atoms with Gasteiger partial charge in [-0.25, -0.2) is 4.98 Å². The average Bonchev–Trinajstić information content (AvgIpc) is 1.32. The maximum Gasteiger partial charge on any atom is 0.141 e. The van der Waals surface area contributed by atoms with Crippen molar-refractivity contribution in [2.45, 2.75) is 103 Å². The second-order valence-corrected chi connectivity index (χ2v) is 41.5. The predicted octanol–water partition coefficient (Wildman–Crippen LogP) is 30.0. The van der Waals surface area contributed by atoms with Crippen molar-refractivity contribution < 1.29 is 0 Å². The third-order valence-electron chi connectivity index (χ3n) is 34.1. The molecule has 8 aliphatic carbocycles. The fourth-order valence-electron chi connectivity index (χ4n) is 28.5. The molecule has 20 aromatic rings. The van der Waals surface area contributed by atoms with Crippen molar-refractivity contribution in [2.75, 3.05) is 19.6 Å². The molecule has 0 bridgehead atoms.